The van der Waals surface area contributed by atoms with Gasteiger partial charge in [-0.3, -0.25) is 4.99 Å². The molecule has 2 aromatic carbocycles. The smallest absolute Gasteiger partial charge is 0.195 e. The van der Waals surface area contributed by atoms with Crippen LogP contribution in [-0.4, -0.2) is 24.0 Å². The molecule has 0 radical (unpaired) electrons. The number of aryl methyl sites for hydroxylation is 2. The predicted molar refractivity (Wildman–Crippen MR) is 123 cm³/mol. The van der Waals surface area contributed by atoms with E-state index in [0.717, 1.165) is 52.8 Å². The molecular formula is C22H23BrN4S. The average molecular weight is 455 g/mol. The maximum Gasteiger partial charge on any atom is 0.195 e. The standard InChI is InChI=1S/C22H23BrN4S/c1-14-4-6-16(7-5-14)20-13-28-21(26-20)11-17-10-15(2)19(12-18(17)23)27-22-24-8-3-9-25-22/h4-7,10,12-13H,3,8-9,11H2,1-2H3,(H2,24,25,27). The molecular weight excluding hydrogens is 432 g/mol. The minimum atomic E-state index is 0.817. The number of rotatable bonds is 4. The molecule has 4 nitrogen and oxygen atoms in total. The van der Waals surface area contributed by atoms with Gasteiger partial charge >= 0.3 is 0 Å². The zero-order valence-corrected chi connectivity index (χ0v) is 18.5. The van der Waals surface area contributed by atoms with Crippen molar-refractivity contribution in [1.29, 1.82) is 0 Å². The molecule has 0 saturated carbocycles. The van der Waals surface area contributed by atoms with E-state index in [0.29, 0.717) is 0 Å². The molecule has 0 amide bonds. The Hall–Kier alpha value is -2.18. The topological polar surface area (TPSA) is 49.3 Å². The lowest BCUT2D eigenvalue weighted by Gasteiger charge is -2.18. The number of halogens is 1. The molecule has 6 heteroatoms. The summed E-state index contributed by atoms with van der Waals surface area (Å²) in [6.07, 6.45) is 1.91. The number of aliphatic imine (C=N–C) groups is 1. The van der Waals surface area contributed by atoms with Gasteiger partial charge in [0.25, 0.3) is 0 Å². The lowest BCUT2D eigenvalue weighted by atomic mass is 10.1. The molecule has 2 heterocycles. The maximum atomic E-state index is 4.85. The van der Waals surface area contributed by atoms with Crippen molar-refractivity contribution in [3.8, 4) is 11.3 Å². The third kappa shape index (κ3) is 4.45. The van der Waals surface area contributed by atoms with E-state index in [1.807, 2.05) is 0 Å². The van der Waals surface area contributed by atoms with Gasteiger partial charge in [-0.05, 0) is 37.5 Å². The molecule has 0 unspecified atom stereocenters. The number of benzene rings is 2. The second-order valence-electron chi connectivity index (χ2n) is 7.06. The fourth-order valence-electron chi connectivity index (χ4n) is 3.17. The maximum absolute atomic E-state index is 4.85. The van der Waals surface area contributed by atoms with Crippen molar-refractivity contribution in [2.75, 3.05) is 18.4 Å². The van der Waals surface area contributed by atoms with Gasteiger partial charge < -0.3 is 10.6 Å². The van der Waals surface area contributed by atoms with Gasteiger partial charge in [-0.25, -0.2) is 4.98 Å². The van der Waals surface area contributed by atoms with Crippen molar-refractivity contribution < 1.29 is 0 Å². The van der Waals surface area contributed by atoms with Crippen molar-refractivity contribution in [3.63, 3.8) is 0 Å². The van der Waals surface area contributed by atoms with E-state index in [1.165, 1.54) is 22.3 Å². The Balaban J connectivity index is 1.51. The Morgan fingerprint density at radius 3 is 2.75 bits per heavy atom. The van der Waals surface area contributed by atoms with Gasteiger partial charge in [0.1, 0.15) is 0 Å². The summed E-state index contributed by atoms with van der Waals surface area (Å²) in [5, 5.41) is 9.98. The fourth-order valence-corrected chi connectivity index (χ4v) is 4.48. The number of hydrogen-bond acceptors (Lipinski definition) is 5. The number of nitrogens with zero attached hydrogens (tertiary/aromatic N) is 2. The third-order valence-electron chi connectivity index (χ3n) is 4.78. The Morgan fingerprint density at radius 2 is 2.00 bits per heavy atom. The first-order chi connectivity index (χ1) is 13.6. The molecule has 1 aliphatic heterocycles. The summed E-state index contributed by atoms with van der Waals surface area (Å²) in [6.45, 7) is 6.07. The molecule has 0 aliphatic carbocycles. The fraction of sp³-hybridized carbons (Fsp3) is 0.273. The van der Waals surface area contributed by atoms with E-state index in [-0.39, 0.29) is 0 Å². The molecule has 0 saturated heterocycles. The number of thiazole rings is 1. The number of aromatic nitrogens is 1. The number of anilines is 1. The van der Waals surface area contributed by atoms with Crippen LogP contribution in [-0.2, 0) is 6.42 Å². The van der Waals surface area contributed by atoms with Crippen molar-refractivity contribution in [3.05, 3.63) is 67.9 Å². The molecule has 4 rings (SSSR count). The summed E-state index contributed by atoms with van der Waals surface area (Å²) < 4.78 is 1.09. The van der Waals surface area contributed by atoms with Crippen LogP contribution in [0, 0.1) is 13.8 Å². The van der Waals surface area contributed by atoms with Crippen LogP contribution < -0.4 is 10.6 Å². The van der Waals surface area contributed by atoms with Crippen molar-refractivity contribution in [2.45, 2.75) is 26.7 Å². The number of hydrogen-bond donors (Lipinski definition) is 2. The van der Waals surface area contributed by atoms with E-state index in [4.69, 9.17) is 4.98 Å². The van der Waals surface area contributed by atoms with E-state index in [9.17, 15) is 0 Å². The summed E-state index contributed by atoms with van der Waals surface area (Å²) in [4.78, 5) is 9.34. The van der Waals surface area contributed by atoms with Crippen LogP contribution in [0.1, 0.15) is 28.1 Å². The minimum Gasteiger partial charge on any atom is -0.356 e. The summed E-state index contributed by atoms with van der Waals surface area (Å²) in [6, 6.07) is 12.9. The Labute approximate surface area is 178 Å². The summed E-state index contributed by atoms with van der Waals surface area (Å²) in [5.74, 6) is 0.858. The quantitative estimate of drug-likeness (QED) is 0.543. The Morgan fingerprint density at radius 1 is 1.18 bits per heavy atom. The van der Waals surface area contributed by atoms with Crippen molar-refractivity contribution in [2.24, 2.45) is 4.99 Å². The van der Waals surface area contributed by atoms with Crippen LogP contribution in [0.2, 0.25) is 0 Å². The molecule has 1 aromatic heterocycles. The highest BCUT2D eigenvalue weighted by Gasteiger charge is 2.12. The molecule has 0 fully saturated rings. The summed E-state index contributed by atoms with van der Waals surface area (Å²) in [7, 11) is 0. The lowest BCUT2D eigenvalue weighted by molar-refractivity contribution is 0.740. The molecule has 0 spiro atoms. The first-order valence-electron chi connectivity index (χ1n) is 9.44. The second kappa shape index (κ2) is 8.45. The van der Waals surface area contributed by atoms with Crippen LogP contribution in [0.5, 0.6) is 0 Å². The van der Waals surface area contributed by atoms with Crippen molar-refractivity contribution in [1.82, 2.24) is 10.3 Å². The van der Waals surface area contributed by atoms with Gasteiger partial charge in [-0.15, -0.1) is 11.3 Å². The second-order valence-corrected chi connectivity index (χ2v) is 8.86. The van der Waals surface area contributed by atoms with Crippen molar-refractivity contribution >= 4 is 38.9 Å². The van der Waals surface area contributed by atoms with Gasteiger partial charge in [0.05, 0.1) is 10.7 Å². The highest BCUT2D eigenvalue weighted by molar-refractivity contribution is 9.10. The summed E-state index contributed by atoms with van der Waals surface area (Å²) in [5.41, 5.74) is 7.00. The molecule has 3 aromatic rings. The average Bonchev–Trinajstić information content (AvgIpc) is 3.16. The first kappa shape index (κ1) is 19.2. The largest absolute Gasteiger partial charge is 0.356 e. The zero-order valence-electron chi connectivity index (χ0n) is 16.1. The van der Waals surface area contributed by atoms with Gasteiger partial charge in [0.15, 0.2) is 5.96 Å². The Bertz CT molecular complexity index is 1010. The van der Waals surface area contributed by atoms with Crippen LogP contribution >= 0.6 is 27.3 Å². The normalized spacial score (nSPS) is 13.8. The molecule has 0 atom stereocenters. The van der Waals surface area contributed by atoms with Crippen LogP contribution in [0.4, 0.5) is 5.69 Å². The van der Waals surface area contributed by atoms with Crippen LogP contribution in [0.25, 0.3) is 11.3 Å². The Kier molecular flexibility index (Phi) is 5.78. The van der Waals surface area contributed by atoms with Crippen LogP contribution in [0.3, 0.4) is 0 Å². The summed E-state index contributed by atoms with van der Waals surface area (Å²) >= 11 is 5.45. The van der Waals surface area contributed by atoms with Gasteiger partial charge in [0.2, 0.25) is 0 Å². The van der Waals surface area contributed by atoms with Gasteiger partial charge in [-0.1, -0.05) is 51.8 Å². The monoisotopic (exact) mass is 454 g/mol. The van der Waals surface area contributed by atoms with E-state index >= 15 is 0 Å². The number of nitrogens with one attached hydrogen (secondary N) is 2. The molecule has 1 aliphatic rings. The van der Waals surface area contributed by atoms with E-state index in [2.05, 4.69) is 87.2 Å². The van der Waals surface area contributed by atoms with Gasteiger partial charge in [-0.2, -0.15) is 0 Å². The highest BCUT2D eigenvalue weighted by Crippen LogP contribution is 2.30. The SMILES string of the molecule is Cc1ccc(-c2csc(Cc3cc(C)c(NC4=NCCCN4)cc3Br)n2)cc1. The van der Waals surface area contributed by atoms with Crippen LogP contribution in [0.15, 0.2) is 51.2 Å². The minimum absolute atomic E-state index is 0.817. The molecule has 144 valence electrons. The van der Waals surface area contributed by atoms with E-state index < -0.39 is 0 Å². The van der Waals surface area contributed by atoms with Gasteiger partial charge in [0, 0.05) is 40.6 Å². The first-order valence-corrected chi connectivity index (χ1v) is 11.1. The number of guanidine groups is 1. The molecule has 2 N–H and O–H groups in total. The third-order valence-corrected chi connectivity index (χ3v) is 6.37. The molecule has 0 bridgehead atoms. The van der Waals surface area contributed by atoms with E-state index in [1.54, 1.807) is 11.3 Å². The molecule has 28 heavy (non-hydrogen) atoms. The zero-order chi connectivity index (χ0) is 19.5. The lowest BCUT2D eigenvalue weighted by Crippen LogP contribution is -2.35. The predicted octanol–water partition coefficient (Wildman–Crippen LogP) is 5.54. The highest BCUT2D eigenvalue weighted by atomic mass is 79.9.